The highest BCUT2D eigenvalue weighted by Gasteiger charge is 2.34. The molecule has 2 amide bonds. The van der Waals surface area contributed by atoms with Crippen LogP contribution in [0.2, 0.25) is 0 Å². The van der Waals surface area contributed by atoms with E-state index in [9.17, 15) is 9.59 Å². The number of hydrogen-bond donors (Lipinski definition) is 4. The lowest BCUT2D eigenvalue weighted by Crippen LogP contribution is -2.43. The number of rotatable bonds is 5. The minimum Gasteiger partial charge on any atom is -0.349 e. The summed E-state index contributed by atoms with van der Waals surface area (Å²) >= 11 is 0. The van der Waals surface area contributed by atoms with E-state index in [-0.39, 0.29) is 18.1 Å². The van der Waals surface area contributed by atoms with E-state index >= 15 is 0 Å². The van der Waals surface area contributed by atoms with E-state index in [4.69, 9.17) is 10.0 Å². The van der Waals surface area contributed by atoms with Crippen molar-refractivity contribution < 1.29 is 19.6 Å². The minimum atomic E-state index is -0.449. The molecule has 1 fully saturated rings. The number of amides is 2. The van der Waals surface area contributed by atoms with Crippen LogP contribution < -0.4 is 16.3 Å². The normalized spacial score (nSPS) is 23.2. The Bertz CT molecular complexity index is 911. The second kappa shape index (κ2) is 8.46. The highest BCUT2D eigenvalue weighted by molar-refractivity contribution is 5.95. The molecule has 0 aromatic heterocycles. The van der Waals surface area contributed by atoms with Crippen LogP contribution in [0, 0.1) is 5.92 Å². The second-order valence-corrected chi connectivity index (χ2v) is 7.30. The van der Waals surface area contributed by atoms with Gasteiger partial charge in [0.05, 0.1) is 11.6 Å². The molecule has 4 rings (SSSR count). The van der Waals surface area contributed by atoms with E-state index in [0.717, 1.165) is 29.7 Å². The predicted octanol–water partition coefficient (Wildman–Crippen LogP) is 2.71. The number of carbonyl (C=O) groups excluding carboxylic acids is 2. The minimum absolute atomic E-state index is 0.231. The number of hydrogen-bond acceptors (Lipinski definition) is 5. The van der Waals surface area contributed by atoms with Gasteiger partial charge in [-0.05, 0) is 42.2 Å². The van der Waals surface area contributed by atoms with Crippen molar-refractivity contribution in [3.8, 4) is 0 Å². The fourth-order valence-electron chi connectivity index (χ4n) is 3.89. The number of carbonyl (C=O) groups is 2. The fourth-order valence-corrected chi connectivity index (χ4v) is 3.89. The smallest absolute Gasteiger partial charge is 0.251 e. The first-order chi connectivity index (χ1) is 14.2. The number of nitrogens with one attached hydrogen (secondary N) is 3. The van der Waals surface area contributed by atoms with Crippen molar-refractivity contribution in [1.29, 1.82) is 0 Å². The van der Waals surface area contributed by atoms with Gasteiger partial charge in [-0.15, -0.1) is 0 Å². The summed E-state index contributed by atoms with van der Waals surface area (Å²) in [5, 5.41) is 11.8. The van der Waals surface area contributed by atoms with Crippen LogP contribution in [-0.4, -0.2) is 23.1 Å². The summed E-state index contributed by atoms with van der Waals surface area (Å²) in [6, 6.07) is 16.9. The highest BCUT2D eigenvalue weighted by atomic mass is 16.7. The zero-order chi connectivity index (χ0) is 20.2. The van der Waals surface area contributed by atoms with Gasteiger partial charge in [-0.1, -0.05) is 48.9 Å². The van der Waals surface area contributed by atoms with Crippen LogP contribution in [0.4, 0.5) is 0 Å². The number of benzene rings is 2. The quantitative estimate of drug-likeness (QED) is 0.462. The predicted molar refractivity (Wildman–Crippen MR) is 106 cm³/mol. The Balaban J connectivity index is 1.41. The molecule has 2 aromatic carbocycles. The fraction of sp³-hybridized carbons (Fsp3) is 0.273. The van der Waals surface area contributed by atoms with E-state index in [0.29, 0.717) is 12.0 Å². The summed E-state index contributed by atoms with van der Waals surface area (Å²) in [6.45, 7) is 0. The van der Waals surface area contributed by atoms with Gasteiger partial charge in [0.25, 0.3) is 5.91 Å². The van der Waals surface area contributed by atoms with Crippen molar-refractivity contribution in [3.05, 3.63) is 77.4 Å². The Morgan fingerprint density at radius 2 is 1.79 bits per heavy atom. The summed E-state index contributed by atoms with van der Waals surface area (Å²) in [7, 11) is 0. The zero-order valence-electron chi connectivity index (χ0n) is 15.8. The van der Waals surface area contributed by atoms with Gasteiger partial charge in [-0.2, -0.15) is 0 Å². The first kappa shape index (κ1) is 19.2. The summed E-state index contributed by atoms with van der Waals surface area (Å²) in [6.07, 6.45) is 3.97. The number of hydroxylamine groups is 2. The van der Waals surface area contributed by atoms with E-state index in [1.165, 1.54) is 0 Å². The summed E-state index contributed by atoms with van der Waals surface area (Å²) in [4.78, 5) is 29.9. The summed E-state index contributed by atoms with van der Waals surface area (Å²) in [5.74, 6) is -1.08. The second-order valence-electron chi connectivity index (χ2n) is 7.30. The molecule has 0 spiro atoms. The van der Waals surface area contributed by atoms with Crippen LogP contribution in [0.15, 0.2) is 60.7 Å². The Hall–Kier alpha value is -3.16. The topological polar surface area (TPSA) is 99.7 Å². The van der Waals surface area contributed by atoms with Gasteiger partial charge >= 0.3 is 0 Å². The van der Waals surface area contributed by atoms with E-state index in [1.807, 2.05) is 48.5 Å². The Labute approximate surface area is 168 Å². The van der Waals surface area contributed by atoms with Crippen molar-refractivity contribution in [2.24, 2.45) is 5.92 Å². The molecular formula is C22H23N3O4. The molecule has 3 atom stereocenters. The molecule has 0 radical (unpaired) electrons. The highest BCUT2D eigenvalue weighted by Crippen LogP contribution is 2.29. The molecule has 2 aromatic rings. The van der Waals surface area contributed by atoms with Gasteiger partial charge in [-0.25, -0.2) is 5.48 Å². The average molecular weight is 393 g/mol. The van der Waals surface area contributed by atoms with Crippen LogP contribution in [0.1, 0.15) is 46.9 Å². The monoisotopic (exact) mass is 393 g/mol. The molecule has 1 saturated carbocycles. The molecule has 7 nitrogen and oxygen atoms in total. The molecule has 0 bridgehead atoms. The summed E-state index contributed by atoms with van der Waals surface area (Å²) in [5.41, 5.74) is 8.04. The third-order valence-electron chi connectivity index (χ3n) is 5.48. The first-order valence-electron chi connectivity index (χ1n) is 9.69. The van der Waals surface area contributed by atoms with Crippen LogP contribution in [0.3, 0.4) is 0 Å². The maximum Gasteiger partial charge on any atom is 0.251 e. The molecule has 4 N–H and O–H groups in total. The SMILES string of the molecule is O=C(NC1CCCC1C(=O)NO)c1ccc(C2C=C(c3ccccc3)NO2)cc1. The molecule has 1 aliphatic carbocycles. The van der Waals surface area contributed by atoms with Crippen LogP contribution in [0.25, 0.3) is 5.70 Å². The molecule has 29 heavy (non-hydrogen) atoms. The average Bonchev–Trinajstić information content (AvgIpc) is 3.44. The lowest BCUT2D eigenvalue weighted by Gasteiger charge is -2.19. The van der Waals surface area contributed by atoms with Gasteiger partial charge in [0.1, 0.15) is 6.10 Å². The molecule has 0 saturated heterocycles. The maximum atomic E-state index is 12.6. The van der Waals surface area contributed by atoms with Gasteiger partial charge in [0.2, 0.25) is 5.91 Å². The molecule has 150 valence electrons. The maximum absolute atomic E-state index is 12.6. The lowest BCUT2D eigenvalue weighted by atomic mass is 10.0. The molecule has 1 aliphatic heterocycles. The van der Waals surface area contributed by atoms with Crippen molar-refractivity contribution in [2.75, 3.05) is 0 Å². The van der Waals surface area contributed by atoms with Gasteiger partial charge < -0.3 is 5.32 Å². The largest absolute Gasteiger partial charge is 0.349 e. The van der Waals surface area contributed by atoms with Gasteiger partial charge in [-0.3, -0.25) is 25.1 Å². The Kier molecular flexibility index (Phi) is 5.59. The van der Waals surface area contributed by atoms with E-state index in [1.54, 1.807) is 17.6 Å². The van der Waals surface area contributed by atoms with Crippen molar-refractivity contribution >= 4 is 17.5 Å². The van der Waals surface area contributed by atoms with E-state index in [2.05, 4.69) is 10.8 Å². The Morgan fingerprint density at radius 1 is 1.03 bits per heavy atom. The molecule has 2 aliphatic rings. The van der Waals surface area contributed by atoms with Crippen molar-refractivity contribution in [1.82, 2.24) is 16.3 Å². The molecular weight excluding hydrogens is 370 g/mol. The summed E-state index contributed by atoms with van der Waals surface area (Å²) < 4.78 is 0. The van der Waals surface area contributed by atoms with Crippen LogP contribution in [0.5, 0.6) is 0 Å². The lowest BCUT2D eigenvalue weighted by molar-refractivity contribution is -0.133. The zero-order valence-corrected chi connectivity index (χ0v) is 15.8. The third-order valence-corrected chi connectivity index (χ3v) is 5.48. The molecule has 7 heteroatoms. The first-order valence-corrected chi connectivity index (χ1v) is 9.69. The standard InChI is InChI=1S/C22H23N3O4/c26-21(23-18-8-4-7-17(18)22(27)24-28)16-11-9-15(10-12-16)20-13-19(25-29-20)14-5-2-1-3-6-14/h1-3,5-6,9-13,17-18,20,25,28H,4,7-8H2,(H,23,26)(H,24,27). The molecule has 3 unspecified atom stereocenters. The molecule has 1 heterocycles. The van der Waals surface area contributed by atoms with Gasteiger partial charge in [0.15, 0.2) is 0 Å². The van der Waals surface area contributed by atoms with Crippen LogP contribution in [-0.2, 0) is 9.63 Å². The van der Waals surface area contributed by atoms with Gasteiger partial charge in [0, 0.05) is 11.6 Å². The third kappa shape index (κ3) is 4.16. The van der Waals surface area contributed by atoms with Crippen LogP contribution >= 0.6 is 0 Å². The van der Waals surface area contributed by atoms with Crippen molar-refractivity contribution in [3.63, 3.8) is 0 Å². The van der Waals surface area contributed by atoms with E-state index < -0.39 is 11.8 Å². The van der Waals surface area contributed by atoms with Crippen molar-refractivity contribution in [2.45, 2.75) is 31.4 Å². The Morgan fingerprint density at radius 3 is 2.52 bits per heavy atom.